The van der Waals surface area contributed by atoms with E-state index in [9.17, 15) is 18.8 Å². The number of halogens is 1. The van der Waals surface area contributed by atoms with Gasteiger partial charge in [0.15, 0.2) is 5.78 Å². The van der Waals surface area contributed by atoms with Gasteiger partial charge in [0.1, 0.15) is 22.9 Å². The number of hydrogen-bond donors (Lipinski definition) is 1. The highest BCUT2D eigenvalue weighted by Gasteiger charge is 2.26. The van der Waals surface area contributed by atoms with E-state index in [-0.39, 0.29) is 17.9 Å². The summed E-state index contributed by atoms with van der Waals surface area (Å²) in [5.41, 5.74) is 1.27. The number of carbonyl (C=O) groups is 2. The smallest absolute Gasteiger partial charge is 0.268 e. The average Bonchev–Trinajstić information content (AvgIpc) is 2.83. The van der Waals surface area contributed by atoms with Crippen molar-refractivity contribution in [1.29, 1.82) is 0 Å². The number of rotatable bonds is 6. The van der Waals surface area contributed by atoms with Crippen LogP contribution in [0, 0.1) is 5.82 Å². The van der Waals surface area contributed by atoms with Gasteiger partial charge in [0, 0.05) is 41.5 Å². The number of nitrogens with zero attached hydrogens (tertiary/aromatic N) is 1. The first kappa shape index (κ1) is 22.3. The molecule has 0 saturated carbocycles. The number of amides is 1. The number of methoxy groups -OCH3 is 2. The van der Waals surface area contributed by atoms with E-state index in [0.29, 0.717) is 53.3 Å². The highest BCUT2D eigenvalue weighted by Crippen LogP contribution is 2.25. The van der Waals surface area contributed by atoms with Gasteiger partial charge in [-0.3, -0.25) is 19.0 Å². The van der Waals surface area contributed by atoms with Crippen LogP contribution in [0.4, 0.5) is 4.39 Å². The van der Waals surface area contributed by atoms with Crippen molar-refractivity contribution in [2.45, 2.75) is 25.8 Å². The maximum atomic E-state index is 13.5. The highest BCUT2D eigenvalue weighted by molar-refractivity contribution is 6.02. The molecule has 0 saturated heterocycles. The largest absolute Gasteiger partial charge is 0.497 e. The molecule has 0 bridgehead atoms. The molecular formula is C25H23FN2O5. The van der Waals surface area contributed by atoms with Crippen LogP contribution in [0.3, 0.4) is 0 Å². The van der Waals surface area contributed by atoms with Gasteiger partial charge >= 0.3 is 0 Å². The third-order valence-electron chi connectivity index (χ3n) is 5.68. The number of fused-ring (bicyclic) bond motifs is 1. The Morgan fingerprint density at radius 1 is 1.03 bits per heavy atom. The number of nitrogens with one attached hydrogen (secondary N) is 1. The summed E-state index contributed by atoms with van der Waals surface area (Å²) in [7, 11) is 3.05. The molecule has 0 fully saturated rings. The summed E-state index contributed by atoms with van der Waals surface area (Å²) in [6.45, 7) is 0.104. The van der Waals surface area contributed by atoms with E-state index in [2.05, 4.69) is 5.32 Å². The van der Waals surface area contributed by atoms with Crippen LogP contribution in [0.1, 0.15) is 44.8 Å². The second-order valence-corrected chi connectivity index (χ2v) is 7.67. The summed E-state index contributed by atoms with van der Waals surface area (Å²) in [6.07, 6.45) is 1.46. The summed E-state index contributed by atoms with van der Waals surface area (Å²) in [6, 6.07) is 12.0. The summed E-state index contributed by atoms with van der Waals surface area (Å²) in [5.74, 6) is -0.0525. The summed E-state index contributed by atoms with van der Waals surface area (Å²) < 4.78 is 25.3. The van der Waals surface area contributed by atoms with E-state index in [4.69, 9.17) is 9.47 Å². The summed E-state index contributed by atoms with van der Waals surface area (Å²) in [5, 5.41) is 2.73. The molecular weight excluding hydrogens is 427 g/mol. The first-order valence-electron chi connectivity index (χ1n) is 10.5. The Kier molecular flexibility index (Phi) is 6.26. The molecule has 1 N–H and O–H groups in total. The van der Waals surface area contributed by atoms with Crippen LogP contribution in [0.2, 0.25) is 0 Å². The monoisotopic (exact) mass is 450 g/mol. The lowest BCUT2D eigenvalue weighted by molar-refractivity contribution is 0.0948. The van der Waals surface area contributed by atoms with E-state index in [0.717, 1.165) is 0 Å². The Balaban J connectivity index is 1.72. The Morgan fingerprint density at radius 2 is 1.79 bits per heavy atom. The van der Waals surface area contributed by atoms with Gasteiger partial charge in [-0.25, -0.2) is 4.39 Å². The molecule has 2 aromatic carbocycles. The van der Waals surface area contributed by atoms with Crippen molar-refractivity contribution in [3.05, 3.63) is 87.1 Å². The Morgan fingerprint density at radius 3 is 2.48 bits per heavy atom. The third-order valence-corrected chi connectivity index (χ3v) is 5.68. The van der Waals surface area contributed by atoms with Gasteiger partial charge in [0.2, 0.25) is 0 Å². The second kappa shape index (κ2) is 9.28. The molecule has 8 heteroatoms. The van der Waals surface area contributed by atoms with Gasteiger partial charge in [-0.05, 0) is 55.3 Å². The minimum atomic E-state index is -0.616. The lowest BCUT2D eigenvalue weighted by Crippen LogP contribution is -2.36. The molecule has 1 amide bonds. The van der Waals surface area contributed by atoms with Gasteiger partial charge in [0.05, 0.1) is 14.2 Å². The van der Waals surface area contributed by atoms with Crippen LogP contribution in [0.5, 0.6) is 11.5 Å². The van der Waals surface area contributed by atoms with Crippen LogP contribution in [-0.4, -0.2) is 30.5 Å². The number of benzene rings is 2. The number of ketones is 1. The van der Waals surface area contributed by atoms with Gasteiger partial charge < -0.3 is 14.8 Å². The Labute approximate surface area is 189 Å². The van der Waals surface area contributed by atoms with Gasteiger partial charge in [-0.1, -0.05) is 0 Å². The number of aromatic nitrogens is 1. The fraction of sp³-hybridized carbons (Fsp3) is 0.240. The maximum Gasteiger partial charge on any atom is 0.268 e. The zero-order valence-corrected chi connectivity index (χ0v) is 18.3. The first-order chi connectivity index (χ1) is 15.9. The van der Waals surface area contributed by atoms with Gasteiger partial charge in [0.25, 0.3) is 11.5 Å². The Hall–Kier alpha value is -3.94. The number of pyridine rings is 1. The molecule has 1 aliphatic rings. The molecule has 0 atom stereocenters. The molecule has 1 aliphatic carbocycles. The minimum absolute atomic E-state index is 0.104. The lowest BCUT2D eigenvalue weighted by atomic mass is 9.92. The molecule has 170 valence electrons. The van der Waals surface area contributed by atoms with E-state index in [1.54, 1.807) is 25.3 Å². The van der Waals surface area contributed by atoms with Gasteiger partial charge in [-0.2, -0.15) is 0 Å². The second-order valence-electron chi connectivity index (χ2n) is 7.67. The standard InChI is InChI=1S/C25H23FN2O5/c1-32-18-11-6-15(23(12-18)33-2)14-27-24(30)20-13-19-21(4-3-5-22(19)29)28(25(20)31)17-9-7-16(26)8-10-17/h6-13H,3-5,14H2,1-2H3,(H,27,30). The predicted octanol–water partition coefficient (Wildman–Crippen LogP) is 3.44. The van der Waals surface area contributed by atoms with Crippen molar-refractivity contribution in [3.63, 3.8) is 0 Å². The van der Waals surface area contributed by atoms with Crippen molar-refractivity contribution in [2.24, 2.45) is 0 Å². The molecule has 0 aliphatic heterocycles. The van der Waals surface area contributed by atoms with Crippen molar-refractivity contribution < 1.29 is 23.5 Å². The fourth-order valence-corrected chi connectivity index (χ4v) is 3.99. The fourth-order valence-electron chi connectivity index (χ4n) is 3.99. The van der Waals surface area contributed by atoms with Crippen LogP contribution < -0.4 is 20.3 Å². The van der Waals surface area contributed by atoms with Crippen molar-refractivity contribution in [1.82, 2.24) is 9.88 Å². The molecule has 4 rings (SSSR count). The summed E-state index contributed by atoms with van der Waals surface area (Å²) >= 11 is 0. The zero-order chi connectivity index (χ0) is 23.5. The van der Waals surface area contributed by atoms with Crippen LogP contribution in [0.15, 0.2) is 53.3 Å². The third kappa shape index (κ3) is 4.37. The maximum absolute atomic E-state index is 13.5. The summed E-state index contributed by atoms with van der Waals surface area (Å²) in [4.78, 5) is 39.0. The molecule has 0 spiro atoms. The first-order valence-corrected chi connectivity index (χ1v) is 10.5. The molecule has 33 heavy (non-hydrogen) atoms. The van der Waals surface area contributed by atoms with E-state index < -0.39 is 17.3 Å². The zero-order valence-electron chi connectivity index (χ0n) is 18.3. The molecule has 0 unspecified atom stereocenters. The number of hydrogen-bond acceptors (Lipinski definition) is 5. The number of Topliss-reactive ketones (excluding diaryl/α,β-unsaturated/α-hetero) is 1. The SMILES string of the molecule is COc1ccc(CNC(=O)c2cc3c(n(-c4ccc(F)cc4)c2=O)CCCC3=O)c(OC)c1. The van der Waals surface area contributed by atoms with Crippen LogP contribution >= 0.6 is 0 Å². The average molecular weight is 450 g/mol. The van der Waals surface area contributed by atoms with Crippen LogP contribution in [-0.2, 0) is 13.0 Å². The highest BCUT2D eigenvalue weighted by atomic mass is 19.1. The molecule has 7 nitrogen and oxygen atoms in total. The van der Waals surface area contributed by atoms with Crippen molar-refractivity contribution in [3.8, 4) is 17.2 Å². The van der Waals surface area contributed by atoms with Crippen molar-refractivity contribution >= 4 is 11.7 Å². The lowest BCUT2D eigenvalue weighted by Gasteiger charge is -2.21. The quantitative estimate of drug-likeness (QED) is 0.622. The van der Waals surface area contributed by atoms with Crippen LogP contribution in [0.25, 0.3) is 5.69 Å². The Bertz CT molecular complexity index is 1280. The van der Waals surface area contributed by atoms with E-state index in [1.165, 1.54) is 42.0 Å². The predicted molar refractivity (Wildman–Crippen MR) is 120 cm³/mol. The van der Waals surface area contributed by atoms with Gasteiger partial charge in [-0.15, -0.1) is 0 Å². The van der Waals surface area contributed by atoms with Crippen molar-refractivity contribution in [2.75, 3.05) is 14.2 Å². The topological polar surface area (TPSA) is 86.6 Å². The van der Waals surface area contributed by atoms with E-state index in [1.807, 2.05) is 0 Å². The number of carbonyl (C=O) groups excluding carboxylic acids is 2. The normalized spacial score (nSPS) is 12.8. The molecule has 1 heterocycles. The minimum Gasteiger partial charge on any atom is -0.497 e. The molecule has 0 radical (unpaired) electrons. The number of ether oxygens (including phenoxy) is 2. The molecule has 3 aromatic rings. The molecule has 1 aromatic heterocycles. The van der Waals surface area contributed by atoms with E-state index >= 15 is 0 Å².